The second kappa shape index (κ2) is 8.92. The summed E-state index contributed by atoms with van der Waals surface area (Å²) in [6.45, 7) is 5.85. The first-order valence-corrected chi connectivity index (χ1v) is 10.6. The lowest BCUT2D eigenvalue weighted by Crippen LogP contribution is -2.33. The molecule has 0 fully saturated rings. The molecule has 0 bridgehead atoms. The summed E-state index contributed by atoms with van der Waals surface area (Å²) in [6.07, 6.45) is 3.51. The van der Waals surface area contributed by atoms with Crippen LogP contribution in [-0.4, -0.2) is 26.6 Å². The third-order valence-electron chi connectivity index (χ3n) is 5.27. The first kappa shape index (κ1) is 21.1. The van der Waals surface area contributed by atoms with Crippen LogP contribution < -0.4 is 5.32 Å². The van der Waals surface area contributed by atoms with Gasteiger partial charge >= 0.3 is 0 Å². The van der Waals surface area contributed by atoms with E-state index in [4.69, 9.17) is 16.6 Å². The first-order valence-electron chi connectivity index (χ1n) is 10.2. The maximum absolute atomic E-state index is 10.1. The van der Waals surface area contributed by atoms with Gasteiger partial charge in [0.05, 0.1) is 16.4 Å². The van der Waals surface area contributed by atoms with Gasteiger partial charge in [0.1, 0.15) is 11.6 Å². The predicted molar refractivity (Wildman–Crippen MR) is 125 cm³/mol. The van der Waals surface area contributed by atoms with Gasteiger partial charge in [0.15, 0.2) is 0 Å². The lowest BCUT2D eigenvalue weighted by molar-refractivity contribution is 0.448. The molecule has 0 aliphatic carbocycles. The molecular formula is C25H25ClN4O. The lowest BCUT2D eigenvalue weighted by atomic mass is 9.92. The number of nitrogens with zero attached hydrogens (tertiary/aromatic N) is 2. The van der Waals surface area contributed by atoms with Crippen molar-refractivity contribution in [2.45, 2.75) is 25.8 Å². The van der Waals surface area contributed by atoms with Crippen molar-refractivity contribution in [3.8, 4) is 28.3 Å². The van der Waals surface area contributed by atoms with E-state index >= 15 is 0 Å². The third-order valence-corrected chi connectivity index (χ3v) is 5.59. The Labute approximate surface area is 187 Å². The van der Waals surface area contributed by atoms with Crippen LogP contribution in [-0.2, 0) is 12.0 Å². The quantitative estimate of drug-likeness (QED) is 0.357. The molecule has 0 aliphatic rings. The topological polar surface area (TPSA) is 73.8 Å². The first-order chi connectivity index (χ1) is 14.9. The van der Waals surface area contributed by atoms with Crippen molar-refractivity contribution in [3.63, 3.8) is 0 Å². The van der Waals surface area contributed by atoms with Gasteiger partial charge in [0.25, 0.3) is 0 Å². The average molecular weight is 433 g/mol. The minimum atomic E-state index is -0.247. The number of phenolic OH excluding ortho intramolecular Hbond substituents is 1. The van der Waals surface area contributed by atoms with Crippen LogP contribution in [0, 0.1) is 0 Å². The third kappa shape index (κ3) is 4.79. The summed E-state index contributed by atoms with van der Waals surface area (Å²) in [7, 11) is 0. The summed E-state index contributed by atoms with van der Waals surface area (Å²) in [4.78, 5) is 12.6. The zero-order chi connectivity index (χ0) is 21.8. The number of benzene rings is 2. The Morgan fingerprint density at radius 1 is 1.00 bits per heavy atom. The number of imidazole rings is 1. The maximum atomic E-state index is 10.1. The number of hydrogen-bond acceptors (Lipinski definition) is 4. The van der Waals surface area contributed by atoms with Crippen molar-refractivity contribution in [1.29, 1.82) is 0 Å². The van der Waals surface area contributed by atoms with E-state index in [1.165, 1.54) is 5.56 Å². The SMILES string of the molecule is CC(C)(CNCc1ccccc1)c1nc(-c2ccc(Cl)c(O)c2)c(-c2ccncc2)[nH]1. The highest BCUT2D eigenvalue weighted by atomic mass is 35.5. The van der Waals surface area contributed by atoms with Crippen LogP contribution in [0.15, 0.2) is 73.1 Å². The fourth-order valence-corrected chi connectivity index (χ4v) is 3.61. The van der Waals surface area contributed by atoms with Crippen molar-refractivity contribution in [2.24, 2.45) is 0 Å². The van der Waals surface area contributed by atoms with Gasteiger partial charge in [-0.15, -0.1) is 0 Å². The van der Waals surface area contributed by atoms with Crippen LogP contribution in [0.25, 0.3) is 22.5 Å². The zero-order valence-corrected chi connectivity index (χ0v) is 18.3. The minimum Gasteiger partial charge on any atom is -0.506 e. The molecule has 31 heavy (non-hydrogen) atoms. The van der Waals surface area contributed by atoms with E-state index in [9.17, 15) is 5.11 Å². The molecule has 0 unspecified atom stereocenters. The van der Waals surface area contributed by atoms with E-state index in [-0.39, 0.29) is 11.2 Å². The molecule has 3 N–H and O–H groups in total. The number of aromatic amines is 1. The van der Waals surface area contributed by atoms with Crippen LogP contribution in [0.4, 0.5) is 0 Å². The molecule has 4 aromatic rings. The van der Waals surface area contributed by atoms with Crippen LogP contribution in [0.5, 0.6) is 5.75 Å². The largest absolute Gasteiger partial charge is 0.506 e. The molecule has 0 spiro atoms. The number of nitrogens with one attached hydrogen (secondary N) is 2. The number of aromatic hydroxyl groups is 1. The Kier molecular flexibility index (Phi) is 6.07. The highest BCUT2D eigenvalue weighted by molar-refractivity contribution is 6.32. The summed E-state index contributed by atoms with van der Waals surface area (Å²) in [6, 6.07) is 19.4. The highest BCUT2D eigenvalue weighted by Gasteiger charge is 2.27. The monoisotopic (exact) mass is 432 g/mol. The van der Waals surface area contributed by atoms with Gasteiger partial charge in [0.2, 0.25) is 0 Å². The van der Waals surface area contributed by atoms with E-state index in [0.29, 0.717) is 5.02 Å². The number of pyridine rings is 1. The number of H-pyrrole nitrogens is 1. The molecular weight excluding hydrogens is 408 g/mol. The summed E-state index contributed by atoms with van der Waals surface area (Å²) < 4.78 is 0. The van der Waals surface area contributed by atoms with E-state index in [2.05, 4.69) is 41.3 Å². The van der Waals surface area contributed by atoms with Gasteiger partial charge in [-0.3, -0.25) is 4.98 Å². The molecule has 2 heterocycles. The van der Waals surface area contributed by atoms with E-state index in [1.54, 1.807) is 24.5 Å². The Bertz CT molecular complexity index is 1160. The number of halogens is 1. The van der Waals surface area contributed by atoms with Crippen LogP contribution in [0.1, 0.15) is 25.2 Å². The van der Waals surface area contributed by atoms with Gasteiger partial charge in [0, 0.05) is 42.0 Å². The van der Waals surface area contributed by atoms with Crippen molar-refractivity contribution in [3.05, 3.63) is 89.5 Å². The minimum absolute atomic E-state index is 0.0354. The second-order valence-electron chi connectivity index (χ2n) is 8.18. The van der Waals surface area contributed by atoms with Crippen molar-refractivity contribution in [2.75, 3.05) is 6.54 Å². The maximum Gasteiger partial charge on any atom is 0.134 e. The highest BCUT2D eigenvalue weighted by Crippen LogP contribution is 2.36. The normalized spacial score (nSPS) is 11.6. The number of hydrogen-bond donors (Lipinski definition) is 3. The second-order valence-corrected chi connectivity index (χ2v) is 8.59. The molecule has 2 aromatic heterocycles. The molecule has 0 radical (unpaired) electrons. The Morgan fingerprint density at radius 2 is 1.74 bits per heavy atom. The molecule has 0 atom stereocenters. The Balaban J connectivity index is 1.66. The van der Waals surface area contributed by atoms with Crippen molar-refractivity contribution >= 4 is 11.6 Å². The van der Waals surface area contributed by atoms with Gasteiger partial charge in [-0.2, -0.15) is 0 Å². The number of aromatic nitrogens is 3. The average Bonchev–Trinajstić information content (AvgIpc) is 3.23. The fraction of sp³-hybridized carbons (Fsp3) is 0.200. The molecule has 0 aliphatic heterocycles. The van der Waals surface area contributed by atoms with Gasteiger partial charge in [-0.1, -0.05) is 61.8 Å². The summed E-state index contributed by atoms with van der Waals surface area (Å²) >= 11 is 6.02. The number of phenols is 1. The molecule has 6 heteroatoms. The smallest absolute Gasteiger partial charge is 0.134 e. The van der Waals surface area contributed by atoms with Gasteiger partial charge in [-0.25, -0.2) is 4.98 Å². The molecule has 0 amide bonds. The zero-order valence-electron chi connectivity index (χ0n) is 17.6. The van der Waals surface area contributed by atoms with Crippen LogP contribution in [0.2, 0.25) is 5.02 Å². The van der Waals surface area contributed by atoms with Gasteiger partial charge < -0.3 is 15.4 Å². The van der Waals surface area contributed by atoms with Crippen LogP contribution >= 0.6 is 11.6 Å². The lowest BCUT2D eigenvalue weighted by Gasteiger charge is -2.23. The van der Waals surface area contributed by atoms with Gasteiger partial charge in [-0.05, 0) is 29.8 Å². The summed E-state index contributed by atoms with van der Waals surface area (Å²) in [5.41, 5.74) is 4.42. The molecule has 0 saturated heterocycles. The molecule has 0 saturated carbocycles. The Morgan fingerprint density at radius 3 is 2.45 bits per heavy atom. The van der Waals surface area contributed by atoms with Crippen molar-refractivity contribution in [1.82, 2.24) is 20.3 Å². The predicted octanol–water partition coefficient (Wildman–Crippen LogP) is 5.57. The van der Waals surface area contributed by atoms with E-state index in [0.717, 1.165) is 41.4 Å². The molecule has 158 valence electrons. The summed E-state index contributed by atoms with van der Waals surface area (Å²) in [5.74, 6) is 0.900. The Hall–Kier alpha value is -3.15. The molecule has 4 rings (SSSR count). The van der Waals surface area contributed by atoms with E-state index < -0.39 is 0 Å². The van der Waals surface area contributed by atoms with E-state index in [1.807, 2.05) is 36.4 Å². The van der Waals surface area contributed by atoms with Crippen molar-refractivity contribution < 1.29 is 5.11 Å². The molecule has 2 aromatic carbocycles. The number of rotatable bonds is 7. The standard InChI is InChI=1S/C25H25ClN4O/c1-25(2,16-28-15-17-6-4-3-5-7-17)24-29-22(18-10-12-27-13-11-18)23(30-24)19-8-9-20(26)21(31)14-19/h3-14,28,31H,15-16H2,1-2H3,(H,29,30). The van der Waals surface area contributed by atoms with Crippen LogP contribution in [0.3, 0.4) is 0 Å². The fourth-order valence-electron chi connectivity index (χ4n) is 3.49. The summed E-state index contributed by atoms with van der Waals surface area (Å²) in [5, 5.41) is 14.0. The molecule has 5 nitrogen and oxygen atoms in total.